The summed E-state index contributed by atoms with van der Waals surface area (Å²) in [4.78, 5) is 35.4. The molecule has 1 unspecified atom stereocenters. The van der Waals surface area contributed by atoms with Crippen LogP contribution in [-0.4, -0.2) is 74.9 Å². The van der Waals surface area contributed by atoms with Gasteiger partial charge in [0, 0.05) is 12.8 Å². The number of ether oxygens (including phenoxy) is 2. The Labute approximate surface area is 358 Å². The number of likely N-dealkylation sites (N-methyl/N-ethyl adjacent to an activating group) is 1. The zero-order chi connectivity index (χ0) is 42.8. The second-order valence-electron chi connectivity index (χ2n) is 17.5. The van der Waals surface area contributed by atoms with Crippen molar-refractivity contribution in [3.63, 3.8) is 0 Å². The van der Waals surface area contributed by atoms with Gasteiger partial charge in [-0.3, -0.25) is 18.6 Å². The van der Waals surface area contributed by atoms with Gasteiger partial charge in [-0.05, 0) is 44.9 Å². The van der Waals surface area contributed by atoms with E-state index in [1.807, 2.05) is 21.1 Å². The second kappa shape index (κ2) is 40.9. The summed E-state index contributed by atoms with van der Waals surface area (Å²) in [7, 11) is 1.47. The molecule has 0 amide bonds. The molecule has 0 aromatic carbocycles. The molecule has 0 bridgehead atoms. The first-order valence-corrected chi connectivity index (χ1v) is 25.6. The Balaban J connectivity index is 4.31. The van der Waals surface area contributed by atoms with Crippen LogP contribution in [-0.2, 0) is 32.7 Å². The van der Waals surface area contributed by atoms with Crippen molar-refractivity contribution >= 4 is 19.8 Å². The molecule has 0 aliphatic heterocycles. The number of nitrogens with zero attached hydrogens (tertiary/aromatic N) is 1. The lowest BCUT2D eigenvalue weighted by atomic mass is 10.0. The van der Waals surface area contributed by atoms with E-state index in [-0.39, 0.29) is 26.1 Å². The molecule has 0 rings (SSSR count). The molecule has 0 fully saturated rings. The predicted octanol–water partition coefficient (Wildman–Crippen LogP) is 13.9. The van der Waals surface area contributed by atoms with E-state index in [2.05, 4.69) is 38.2 Å². The van der Waals surface area contributed by atoms with Crippen molar-refractivity contribution < 1.29 is 42.1 Å². The van der Waals surface area contributed by atoms with Gasteiger partial charge in [-0.2, -0.15) is 0 Å². The first-order chi connectivity index (χ1) is 28.0. The molecule has 1 N–H and O–H groups in total. The lowest BCUT2D eigenvalue weighted by Crippen LogP contribution is -2.37. The van der Waals surface area contributed by atoms with Crippen LogP contribution in [0.2, 0.25) is 0 Å². The van der Waals surface area contributed by atoms with Gasteiger partial charge >= 0.3 is 19.8 Å². The molecule has 0 aliphatic rings. The number of hydrogen-bond acceptors (Lipinski definition) is 7. The molecule has 9 nitrogen and oxygen atoms in total. The number of hydrogen-bond donors (Lipinski definition) is 1. The molecule has 0 aliphatic carbocycles. The number of rotatable bonds is 44. The summed E-state index contributed by atoms with van der Waals surface area (Å²) in [5.74, 6) is -0.827. The summed E-state index contributed by atoms with van der Waals surface area (Å²) < 4.78 is 34.3. The van der Waals surface area contributed by atoms with Gasteiger partial charge in [0.1, 0.15) is 19.8 Å². The number of carbonyl (C=O) groups is 2. The van der Waals surface area contributed by atoms with Crippen LogP contribution < -0.4 is 0 Å². The van der Waals surface area contributed by atoms with Crippen LogP contribution in [0, 0.1) is 0 Å². The van der Waals surface area contributed by atoms with Crippen LogP contribution in [0.1, 0.15) is 219 Å². The van der Waals surface area contributed by atoms with Gasteiger partial charge in [0.05, 0.1) is 27.7 Å². The van der Waals surface area contributed by atoms with Crippen LogP contribution >= 0.6 is 7.82 Å². The maximum Gasteiger partial charge on any atom is 0.472 e. The summed E-state index contributed by atoms with van der Waals surface area (Å²) >= 11 is 0. The van der Waals surface area contributed by atoms with Crippen molar-refractivity contribution in [1.29, 1.82) is 0 Å². The number of allylic oxidation sites excluding steroid dienone is 4. The number of quaternary nitrogens is 1. The van der Waals surface area contributed by atoms with Gasteiger partial charge in [0.25, 0.3) is 0 Å². The SMILES string of the molecule is CCCCCCCC/C=C/C/C=C/CCCCC(=O)OC[C@H](COP(=O)(O)OCC[N+](C)(C)C)OC(=O)CCCCCCCCCCCCCCCCCCCCC. The molecule has 0 saturated carbocycles. The molecular weight excluding hydrogens is 750 g/mol. The molecule has 10 heteroatoms. The Morgan fingerprint density at radius 1 is 0.534 bits per heavy atom. The van der Waals surface area contributed by atoms with E-state index in [0.717, 1.165) is 38.5 Å². The van der Waals surface area contributed by atoms with E-state index in [0.29, 0.717) is 23.9 Å². The van der Waals surface area contributed by atoms with Crippen molar-refractivity contribution in [2.45, 2.75) is 225 Å². The quantitative estimate of drug-likeness (QED) is 0.0212. The molecule has 0 spiro atoms. The summed E-state index contributed by atoms with van der Waals surface area (Å²) in [6, 6.07) is 0. The lowest BCUT2D eigenvalue weighted by Gasteiger charge is -2.24. The first-order valence-electron chi connectivity index (χ1n) is 24.1. The number of phosphoric ester groups is 1. The zero-order valence-electron chi connectivity index (χ0n) is 38.5. The maximum absolute atomic E-state index is 12.7. The van der Waals surface area contributed by atoms with Crippen LogP contribution in [0.25, 0.3) is 0 Å². The average molecular weight is 843 g/mol. The van der Waals surface area contributed by atoms with Crippen molar-refractivity contribution in [2.75, 3.05) is 47.5 Å². The van der Waals surface area contributed by atoms with Gasteiger partial charge in [0.15, 0.2) is 6.10 Å². The van der Waals surface area contributed by atoms with Crippen molar-refractivity contribution in [3.05, 3.63) is 24.3 Å². The van der Waals surface area contributed by atoms with E-state index in [1.54, 1.807) is 0 Å². The van der Waals surface area contributed by atoms with Crippen LogP contribution in [0.4, 0.5) is 0 Å². The Bertz CT molecular complexity index is 1040. The molecule has 2 atom stereocenters. The van der Waals surface area contributed by atoms with Crippen LogP contribution in [0.15, 0.2) is 24.3 Å². The average Bonchev–Trinajstić information content (AvgIpc) is 3.17. The monoisotopic (exact) mass is 843 g/mol. The molecule has 0 heterocycles. The molecule has 0 saturated heterocycles. The minimum atomic E-state index is -4.38. The zero-order valence-corrected chi connectivity index (χ0v) is 39.4. The Hall–Kier alpha value is -1.51. The fraction of sp³-hybridized carbons (Fsp3) is 0.875. The Morgan fingerprint density at radius 3 is 1.40 bits per heavy atom. The molecule has 342 valence electrons. The van der Waals surface area contributed by atoms with E-state index in [4.69, 9.17) is 18.5 Å². The van der Waals surface area contributed by atoms with Crippen molar-refractivity contribution in [1.82, 2.24) is 0 Å². The van der Waals surface area contributed by atoms with E-state index < -0.39 is 32.5 Å². The summed E-state index contributed by atoms with van der Waals surface area (Å²) in [5.41, 5.74) is 0. The predicted molar refractivity (Wildman–Crippen MR) is 243 cm³/mol. The highest BCUT2D eigenvalue weighted by molar-refractivity contribution is 7.47. The summed E-state index contributed by atoms with van der Waals surface area (Å²) in [6.45, 7) is 4.41. The minimum Gasteiger partial charge on any atom is -0.462 e. The first kappa shape index (κ1) is 56.5. The summed E-state index contributed by atoms with van der Waals surface area (Å²) in [5, 5.41) is 0. The highest BCUT2D eigenvalue weighted by Crippen LogP contribution is 2.43. The largest absolute Gasteiger partial charge is 0.472 e. The van der Waals surface area contributed by atoms with Gasteiger partial charge in [-0.15, -0.1) is 0 Å². The van der Waals surface area contributed by atoms with Gasteiger partial charge in [0.2, 0.25) is 0 Å². The van der Waals surface area contributed by atoms with E-state index in [1.165, 1.54) is 141 Å². The Kier molecular flexibility index (Phi) is 39.8. The van der Waals surface area contributed by atoms with Gasteiger partial charge < -0.3 is 18.9 Å². The topological polar surface area (TPSA) is 108 Å². The number of unbranched alkanes of at least 4 members (excludes halogenated alkanes) is 26. The highest BCUT2D eigenvalue weighted by atomic mass is 31.2. The van der Waals surface area contributed by atoms with Crippen molar-refractivity contribution in [2.24, 2.45) is 0 Å². The molecule has 58 heavy (non-hydrogen) atoms. The van der Waals surface area contributed by atoms with Crippen molar-refractivity contribution in [3.8, 4) is 0 Å². The lowest BCUT2D eigenvalue weighted by molar-refractivity contribution is -0.870. The van der Waals surface area contributed by atoms with Gasteiger partial charge in [-0.25, -0.2) is 4.57 Å². The highest BCUT2D eigenvalue weighted by Gasteiger charge is 2.27. The normalized spacial score (nSPS) is 13.7. The molecular formula is C48H93NO8P+. The van der Waals surface area contributed by atoms with Crippen LogP contribution in [0.5, 0.6) is 0 Å². The molecule has 0 radical (unpaired) electrons. The summed E-state index contributed by atoms with van der Waals surface area (Å²) in [6.07, 6.45) is 45.1. The number of esters is 2. The fourth-order valence-corrected chi connectivity index (χ4v) is 7.43. The van der Waals surface area contributed by atoms with Gasteiger partial charge in [-0.1, -0.05) is 186 Å². The Morgan fingerprint density at radius 2 is 0.931 bits per heavy atom. The van der Waals surface area contributed by atoms with E-state index >= 15 is 0 Å². The third kappa shape index (κ3) is 44.1. The number of carbonyl (C=O) groups excluding carboxylic acids is 2. The molecule has 0 aromatic heterocycles. The fourth-order valence-electron chi connectivity index (χ4n) is 6.69. The third-order valence-electron chi connectivity index (χ3n) is 10.5. The molecule has 0 aromatic rings. The standard InChI is InChI=1S/C48H92NO8P/c1-6-8-10-12-14-16-18-20-22-23-24-25-27-29-31-33-35-37-39-41-48(51)57-46(45-56-58(52,53)55-43-42-49(3,4)5)44-54-47(50)40-38-36-34-32-30-28-26-21-19-17-15-13-11-9-7-2/h21,26,30,32,46H,6-20,22-25,27-29,31,33-45H2,1-5H3/p+1/b26-21+,32-30+/t46-/m1/s1. The van der Waals surface area contributed by atoms with E-state index in [9.17, 15) is 19.0 Å². The smallest absolute Gasteiger partial charge is 0.462 e. The maximum atomic E-state index is 12.7. The third-order valence-corrected chi connectivity index (χ3v) is 11.5. The van der Waals surface area contributed by atoms with Crippen LogP contribution in [0.3, 0.4) is 0 Å². The minimum absolute atomic E-state index is 0.0290. The second-order valence-corrected chi connectivity index (χ2v) is 19.0. The number of phosphoric acid groups is 1.